The van der Waals surface area contributed by atoms with Gasteiger partial charge in [-0.2, -0.15) is 0 Å². The average Bonchev–Trinajstić information content (AvgIpc) is 2.75. The van der Waals surface area contributed by atoms with E-state index in [2.05, 4.69) is 34.7 Å². The first-order valence-corrected chi connectivity index (χ1v) is 6.67. The molecule has 0 aliphatic rings. The lowest BCUT2D eigenvalue weighted by Crippen LogP contribution is -2.17. The standard InChI is InChI=1S/C12H19N3OS/c1-9-8-15-11(7-13-5-4-6-16-3)10(2)14-12(15)17-9/h8,13H,4-7H2,1-3H3. The second-order valence-corrected chi connectivity index (χ2v) is 5.37. The first-order valence-electron chi connectivity index (χ1n) is 5.86. The quantitative estimate of drug-likeness (QED) is 0.802. The van der Waals surface area contributed by atoms with Crippen LogP contribution in [0.4, 0.5) is 0 Å². The number of aromatic nitrogens is 2. The molecule has 0 aliphatic carbocycles. The highest BCUT2D eigenvalue weighted by atomic mass is 32.1. The Labute approximate surface area is 106 Å². The van der Waals surface area contributed by atoms with Crippen molar-refractivity contribution >= 4 is 16.3 Å². The van der Waals surface area contributed by atoms with Gasteiger partial charge in [-0.25, -0.2) is 4.98 Å². The molecule has 4 nitrogen and oxygen atoms in total. The van der Waals surface area contributed by atoms with Crippen molar-refractivity contribution in [3.05, 3.63) is 22.5 Å². The van der Waals surface area contributed by atoms with Gasteiger partial charge in [0, 0.05) is 31.3 Å². The molecule has 0 spiro atoms. The smallest absolute Gasteiger partial charge is 0.194 e. The topological polar surface area (TPSA) is 38.6 Å². The molecule has 0 fully saturated rings. The van der Waals surface area contributed by atoms with Crippen molar-refractivity contribution < 1.29 is 4.74 Å². The highest BCUT2D eigenvalue weighted by molar-refractivity contribution is 7.17. The fourth-order valence-electron chi connectivity index (χ4n) is 1.87. The minimum Gasteiger partial charge on any atom is -0.385 e. The molecule has 0 unspecified atom stereocenters. The Kier molecular flexibility index (Phi) is 4.15. The number of hydrogen-bond donors (Lipinski definition) is 1. The van der Waals surface area contributed by atoms with Crippen molar-refractivity contribution in [3.8, 4) is 0 Å². The van der Waals surface area contributed by atoms with Crippen molar-refractivity contribution in [2.75, 3.05) is 20.3 Å². The largest absolute Gasteiger partial charge is 0.385 e. The van der Waals surface area contributed by atoms with E-state index in [1.807, 2.05) is 0 Å². The molecule has 0 saturated heterocycles. The summed E-state index contributed by atoms with van der Waals surface area (Å²) < 4.78 is 7.21. The number of aryl methyl sites for hydroxylation is 2. The number of thiazole rings is 1. The lowest BCUT2D eigenvalue weighted by molar-refractivity contribution is 0.194. The summed E-state index contributed by atoms with van der Waals surface area (Å²) in [5.74, 6) is 0. The van der Waals surface area contributed by atoms with Crippen LogP contribution in [0.15, 0.2) is 6.20 Å². The third kappa shape index (κ3) is 2.86. The van der Waals surface area contributed by atoms with Gasteiger partial charge in [0.2, 0.25) is 0 Å². The molecular formula is C12H19N3OS. The molecule has 2 aromatic heterocycles. The molecule has 17 heavy (non-hydrogen) atoms. The van der Waals surface area contributed by atoms with Crippen LogP contribution in [0.1, 0.15) is 22.7 Å². The van der Waals surface area contributed by atoms with Crippen LogP contribution in [0.3, 0.4) is 0 Å². The summed E-state index contributed by atoms with van der Waals surface area (Å²) in [6, 6.07) is 0. The molecule has 2 rings (SSSR count). The predicted octanol–water partition coefficient (Wildman–Crippen LogP) is 2.14. The van der Waals surface area contributed by atoms with Crippen LogP contribution in [0.25, 0.3) is 4.96 Å². The van der Waals surface area contributed by atoms with Gasteiger partial charge < -0.3 is 10.1 Å². The van der Waals surface area contributed by atoms with Gasteiger partial charge >= 0.3 is 0 Å². The van der Waals surface area contributed by atoms with Gasteiger partial charge in [0.1, 0.15) is 0 Å². The summed E-state index contributed by atoms with van der Waals surface area (Å²) in [6.45, 7) is 6.84. The van der Waals surface area contributed by atoms with Gasteiger partial charge in [0.15, 0.2) is 4.96 Å². The molecule has 0 radical (unpaired) electrons. The normalized spacial score (nSPS) is 11.5. The van der Waals surface area contributed by atoms with E-state index >= 15 is 0 Å². The number of methoxy groups -OCH3 is 1. The first-order chi connectivity index (χ1) is 8.22. The first kappa shape index (κ1) is 12.5. The van der Waals surface area contributed by atoms with Crippen LogP contribution in [-0.4, -0.2) is 29.6 Å². The van der Waals surface area contributed by atoms with E-state index < -0.39 is 0 Å². The molecule has 0 saturated carbocycles. The predicted molar refractivity (Wildman–Crippen MR) is 70.7 cm³/mol. The van der Waals surface area contributed by atoms with E-state index in [4.69, 9.17) is 4.74 Å². The summed E-state index contributed by atoms with van der Waals surface area (Å²) in [5, 5.41) is 3.43. The molecule has 0 aromatic carbocycles. The Morgan fingerprint density at radius 3 is 3.06 bits per heavy atom. The Morgan fingerprint density at radius 1 is 1.47 bits per heavy atom. The van der Waals surface area contributed by atoms with Gasteiger partial charge in [0.05, 0.1) is 11.4 Å². The van der Waals surface area contributed by atoms with Crippen LogP contribution in [0, 0.1) is 13.8 Å². The highest BCUT2D eigenvalue weighted by Crippen LogP contribution is 2.20. The number of nitrogens with one attached hydrogen (secondary N) is 1. The molecule has 2 aromatic rings. The van der Waals surface area contributed by atoms with E-state index in [0.717, 1.165) is 36.8 Å². The van der Waals surface area contributed by atoms with Gasteiger partial charge in [-0.3, -0.25) is 4.40 Å². The summed E-state index contributed by atoms with van der Waals surface area (Å²) in [7, 11) is 1.73. The van der Waals surface area contributed by atoms with Gasteiger partial charge in [0.25, 0.3) is 0 Å². The Hall–Kier alpha value is -0.910. The zero-order valence-electron chi connectivity index (χ0n) is 10.6. The fourth-order valence-corrected chi connectivity index (χ4v) is 2.76. The third-order valence-electron chi connectivity index (χ3n) is 2.74. The van der Waals surface area contributed by atoms with Crippen molar-refractivity contribution in [2.24, 2.45) is 0 Å². The lowest BCUT2D eigenvalue weighted by Gasteiger charge is -2.04. The van der Waals surface area contributed by atoms with Crippen molar-refractivity contribution in [1.82, 2.24) is 14.7 Å². The lowest BCUT2D eigenvalue weighted by atomic mass is 10.3. The Bertz CT molecular complexity index is 489. The SMILES string of the molecule is COCCCNCc1c(C)nc2sc(C)cn12. The molecule has 0 bridgehead atoms. The molecule has 5 heteroatoms. The molecule has 1 N–H and O–H groups in total. The molecule has 0 aliphatic heterocycles. The minimum absolute atomic E-state index is 0.811. The molecule has 0 atom stereocenters. The molecule has 94 valence electrons. The average molecular weight is 253 g/mol. The summed E-state index contributed by atoms with van der Waals surface area (Å²) in [6.07, 6.45) is 3.20. The number of ether oxygens (including phenoxy) is 1. The zero-order chi connectivity index (χ0) is 12.3. The van der Waals surface area contributed by atoms with E-state index in [9.17, 15) is 0 Å². The molecule has 2 heterocycles. The van der Waals surface area contributed by atoms with Crippen molar-refractivity contribution in [3.63, 3.8) is 0 Å². The van der Waals surface area contributed by atoms with Crippen LogP contribution in [0.2, 0.25) is 0 Å². The monoisotopic (exact) mass is 253 g/mol. The van der Waals surface area contributed by atoms with Crippen molar-refractivity contribution in [2.45, 2.75) is 26.8 Å². The van der Waals surface area contributed by atoms with Gasteiger partial charge in [-0.05, 0) is 26.8 Å². The van der Waals surface area contributed by atoms with Crippen LogP contribution in [0.5, 0.6) is 0 Å². The summed E-state index contributed by atoms with van der Waals surface area (Å²) in [5.41, 5.74) is 2.39. The summed E-state index contributed by atoms with van der Waals surface area (Å²) >= 11 is 1.74. The number of rotatable bonds is 6. The van der Waals surface area contributed by atoms with E-state index in [1.165, 1.54) is 10.6 Å². The van der Waals surface area contributed by atoms with Gasteiger partial charge in [-0.15, -0.1) is 11.3 Å². The van der Waals surface area contributed by atoms with E-state index in [0.29, 0.717) is 0 Å². The Morgan fingerprint density at radius 2 is 2.29 bits per heavy atom. The Balaban J connectivity index is 1.99. The summed E-state index contributed by atoms with van der Waals surface area (Å²) in [4.78, 5) is 6.96. The fraction of sp³-hybridized carbons (Fsp3) is 0.583. The number of nitrogens with zero attached hydrogens (tertiary/aromatic N) is 2. The maximum Gasteiger partial charge on any atom is 0.194 e. The number of imidazole rings is 1. The van der Waals surface area contributed by atoms with Crippen LogP contribution >= 0.6 is 11.3 Å². The van der Waals surface area contributed by atoms with Crippen LogP contribution in [-0.2, 0) is 11.3 Å². The second-order valence-electron chi connectivity index (χ2n) is 4.16. The van der Waals surface area contributed by atoms with E-state index in [1.54, 1.807) is 18.4 Å². The molecule has 0 amide bonds. The second kappa shape index (κ2) is 5.62. The van der Waals surface area contributed by atoms with E-state index in [-0.39, 0.29) is 0 Å². The number of fused-ring (bicyclic) bond motifs is 1. The van der Waals surface area contributed by atoms with Crippen molar-refractivity contribution in [1.29, 1.82) is 0 Å². The molecular weight excluding hydrogens is 234 g/mol. The zero-order valence-corrected chi connectivity index (χ0v) is 11.4. The minimum atomic E-state index is 0.811. The van der Waals surface area contributed by atoms with Crippen LogP contribution < -0.4 is 5.32 Å². The maximum absolute atomic E-state index is 5.02. The third-order valence-corrected chi connectivity index (χ3v) is 3.63. The maximum atomic E-state index is 5.02. The highest BCUT2D eigenvalue weighted by Gasteiger charge is 2.10. The van der Waals surface area contributed by atoms with Gasteiger partial charge in [-0.1, -0.05) is 0 Å². The number of hydrogen-bond acceptors (Lipinski definition) is 4.